The van der Waals surface area contributed by atoms with Crippen LogP contribution >= 0.6 is 0 Å². The smallest absolute Gasteiger partial charge is 0.143 e. The summed E-state index contributed by atoms with van der Waals surface area (Å²) in [6.45, 7) is 8.39. The first-order valence-electron chi connectivity index (χ1n) is 27.9. The van der Waals surface area contributed by atoms with Gasteiger partial charge in [-0.1, -0.05) is 256 Å². The Morgan fingerprint density at radius 2 is 0.810 bits per heavy atom. The van der Waals surface area contributed by atoms with E-state index in [1.165, 1.54) is 238 Å². The summed E-state index contributed by atoms with van der Waals surface area (Å²) >= 11 is 0. The summed E-state index contributed by atoms with van der Waals surface area (Å²) in [6, 6.07) is 5.59. The van der Waals surface area contributed by atoms with Gasteiger partial charge >= 0.3 is 0 Å². The first kappa shape index (κ1) is 58.8. The Hall–Kier alpha value is -2.26. The van der Waals surface area contributed by atoms with Crippen molar-refractivity contribution in [3.63, 3.8) is 0 Å². The maximum atomic E-state index is 11.1. The van der Waals surface area contributed by atoms with E-state index < -0.39 is 12.2 Å². The molecule has 364 valence electrons. The number of phenolic OH excluding ortho intramolecular Hbond substituents is 1. The molecule has 0 radical (unpaired) electrons. The van der Waals surface area contributed by atoms with Gasteiger partial charge in [-0.25, -0.2) is 0 Å². The summed E-state index contributed by atoms with van der Waals surface area (Å²) < 4.78 is 6.30. The minimum absolute atomic E-state index is 0.233. The summed E-state index contributed by atoms with van der Waals surface area (Å²) in [7, 11) is 0. The molecule has 2 atom stereocenters. The SMILES string of the molecule is C=C/C=C\C(Oc1cc(O)cc(CCCCCCCCCCCCCCCCC/C=C\CCCCCCCC)c1)C(O)CCCCCCCCCCC/C=C\CCCCCCCC. The molecule has 0 saturated carbocycles. The lowest BCUT2D eigenvalue weighted by Crippen LogP contribution is -2.30. The maximum absolute atomic E-state index is 11.1. The van der Waals surface area contributed by atoms with Crippen molar-refractivity contribution in [2.45, 2.75) is 296 Å². The van der Waals surface area contributed by atoms with Crippen LogP contribution in [0.3, 0.4) is 0 Å². The Bertz CT molecular complexity index is 1180. The molecule has 1 rings (SSSR count). The van der Waals surface area contributed by atoms with E-state index in [9.17, 15) is 10.2 Å². The van der Waals surface area contributed by atoms with Crippen LogP contribution in [-0.4, -0.2) is 22.4 Å². The lowest BCUT2D eigenvalue weighted by Gasteiger charge is -2.22. The maximum Gasteiger partial charge on any atom is 0.143 e. The topological polar surface area (TPSA) is 49.7 Å². The van der Waals surface area contributed by atoms with Crippen molar-refractivity contribution in [2.75, 3.05) is 0 Å². The highest BCUT2D eigenvalue weighted by Gasteiger charge is 2.19. The average molecular weight is 876 g/mol. The molecule has 0 heterocycles. The van der Waals surface area contributed by atoms with Crippen LogP contribution in [0.4, 0.5) is 0 Å². The number of aromatic hydroxyl groups is 1. The zero-order valence-corrected chi connectivity index (χ0v) is 42.1. The fourth-order valence-corrected chi connectivity index (χ4v) is 8.91. The Balaban J connectivity index is 2.07. The monoisotopic (exact) mass is 875 g/mol. The van der Waals surface area contributed by atoms with Crippen LogP contribution in [-0.2, 0) is 6.42 Å². The standard InChI is InChI=1S/C60H106O3/c1-4-7-10-12-14-16-18-20-22-24-26-27-28-29-30-31-33-34-36-38-40-42-44-46-48-50-56-53-57(61)55-58(54-56)63-60(52-9-6-3)59(62)51-49-47-45-43-41-39-37-35-32-25-23-21-19-17-15-13-11-8-5-2/h6,9,20-23,52-55,59-62H,3-5,7-8,10-19,24-51H2,1-2H3/b22-20-,23-21-,52-9-. The highest BCUT2D eigenvalue weighted by molar-refractivity contribution is 5.38. The fraction of sp³-hybridized carbons (Fsp3) is 0.767. The average Bonchev–Trinajstić information content (AvgIpc) is 3.28. The van der Waals surface area contributed by atoms with Gasteiger partial charge in [0.15, 0.2) is 0 Å². The third kappa shape index (κ3) is 41.0. The zero-order valence-electron chi connectivity index (χ0n) is 42.1. The number of ether oxygens (including phenoxy) is 1. The molecular formula is C60H106O3. The van der Waals surface area contributed by atoms with Crippen LogP contribution in [0.1, 0.15) is 283 Å². The summed E-state index contributed by atoms with van der Waals surface area (Å²) in [6.07, 6.45) is 69.3. The van der Waals surface area contributed by atoms with Gasteiger partial charge in [0, 0.05) is 6.07 Å². The largest absolute Gasteiger partial charge is 0.508 e. The summed E-state index contributed by atoms with van der Waals surface area (Å²) in [4.78, 5) is 0. The van der Waals surface area contributed by atoms with Crippen molar-refractivity contribution in [3.05, 3.63) is 72.9 Å². The van der Waals surface area contributed by atoms with E-state index in [1.807, 2.05) is 24.3 Å². The van der Waals surface area contributed by atoms with Crippen LogP contribution in [0, 0.1) is 0 Å². The Labute approximate surface area is 393 Å². The van der Waals surface area contributed by atoms with E-state index >= 15 is 0 Å². The zero-order chi connectivity index (χ0) is 45.4. The highest BCUT2D eigenvalue weighted by atomic mass is 16.5. The predicted octanol–water partition coefficient (Wildman–Crippen LogP) is 19.9. The lowest BCUT2D eigenvalue weighted by atomic mass is 10.0. The molecule has 0 fully saturated rings. The number of allylic oxidation sites excluding steroid dienone is 6. The first-order chi connectivity index (χ1) is 31.1. The lowest BCUT2D eigenvalue weighted by molar-refractivity contribution is 0.0557. The van der Waals surface area contributed by atoms with Crippen LogP contribution in [0.25, 0.3) is 0 Å². The molecule has 0 amide bonds. The van der Waals surface area contributed by atoms with Gasteiger partial charge in [-0.05, 0) is 94.4 Å². The molecule has 2 unspecified atom stereocenters. The van der Waals surface area contributed by atoms with Crippen LogP contribution in [0.5, 0.6) is 11.5 Å². The van der Waals surface area contributed by atoms with Crippen molar-refractivity contribution in [3.8, 4) is 11.5 Å². The second kappa shape index (κ2) is 47.7. The first-order valence-corrected chi connectivity index (χ1v) is 27.9. The molecule has 0 spiro atoms. The summed E-state index contributed by atoms with van der Waals surface area (Å²) in [5, 5.41) is 21.6. The predicted molar refractivity (Wildman–Crippen MR) is 280 cm³/mol. The quantitative estimate of drug-likeness (QED) is 0.0390. The minimum Gasteiger partial charge on any atom is -0.508 e. The van der Waals surface area contributed by atoms with Crippen molar-refractivity contribution in [2.24, 2.45) is 0 Å². The molecule has 2 N–H and O–H groups in total. The number of benzene rings is 1. The van der Waals surface area contributed by atoms with E-state index in [2.05, 4.69) is 44.7 Å². The molecule has 0 aliphatic heterocycles. The molecule has 3 heteroatoms. The number of phenols is 1. The highest BCUT2D eigenvalue weighted by Crippen LogP contribution is 2.26. The molecular weight excluding hydrogens is 769 g/mol. The number of unbranched alkanes of at least 4 members (excludes halogenated alkanes) is 36. The van der Waals surface area contributed by atoms with Crippen LogP contribution < -0.4 is 4.74 Å². The van der Waals surface area contributed by atoms with E-state index in [0.29, 0.717) is 12.2 Å². The number of aliphatic hydroxyl groups is 1. The molecule has 0 aliphatic carbocycles. The van der Waals surface area contributed by atoms with Gasteiger partial charge in [0.25, 0.3) is 0 Å². The molecule has 1 aromatic carbocycles. The van der Waals surface area contributed by atoms with E-state index in [1.54, 1.807) is 12.1 Å². The molecule has 0 aromatic heterocycles. The van der Waals surface area contributed by atoms with Crippen molar-refractivity contribution in [1.82, 2.24) is 0 Å². The van der Waals surface area contributed by atoms with Gasteiger partial charge in [-0.3, -0.25) is 0 Å². The van der Waals surface area contributed by atoms with Gasteiger partial charge in [0.2, 0.25) is 0 Å². The molecule has 63 heavy (non-hydrogen) atoms. The van der Waals surface area contributed by atoms with Gasteiger partial charge < -0.3 is 14.9 Å². The third-order valence-electron chi connectivity index (χ3n) is 13.0. The van der Waals surface area contributed by atoms with E-state index in [4.69, 9.17) is 4.74 Å². The normalized spacial score (nSPS) is 12.9. The minimum atomic E-state index is -0.594. The number of aliphatic hydroxyl groups excluding tert-OH is 1. The molecule has 0 aliphatic rings. The number of hydrogen-bond donors (Lipinski definition) is 2. The second-order valence-corrected chi connectivity index (χ2v) is 19.3. The van der Waals surface area contributed by atoms with E-state index in [-0.39, 0.29) is 5.75 Å². The number of hydrogen-bond acceptors (Lipinski definition) is 3. The third-order valence-corrected chi connectivity index (χ3v) is 13.0. The molecule has 0 saturated heterocycles. The van der Waals surface area contributed by atoms with Crippen molar-refractivity contribution >= 4 is 0 Å². The molecule has 1 aromatic rings. The number of aryl methyl sites for hydroxylation is 1. The summed E-state index contributed by atoms with van der Waals surface area (Å²) in [5.74, 6) is 0.862. The fourth-order valence-electron chi connectivity index (χ4n) is 8.91. The van der Waals surface area contributed by atoms with Crippen LogP contribution in [0.2, 0.25) is 0 Å². The Morgan fingerprint density at radius 1 is 0.460 bits per heavy atom. The summed E-state index contributed by atoms with van der Waals surface area (Å²) in [5.41, 5.74) is 1.10. The van der Waals surface area contributed by atoms with Crippen LogP contribution in [0.15, 0.2) is 67.3 Å². The van der Waals surface area contributed by atoms with Gasteiger partial charge in [-0.15, -0.1) is 0 Å². The van der Waals surface area contributed by atoms with Gasteiger partial charge in [0.05, 0.1) is 6.10 Å². The van der Waals surface area contributed by atoms with Crippen molar-refractivity contribution in [1.29, 1.82) is 0 Å². The molecule has 3 nitrogen and oxygen atoms in total. The second-order valence-electron chi connectivity index (χ2n) is 19.3. The van der Waals surface area contributed by atoms with Gasteiger partial charge in [-0.2, -0.15) is 0 Å². The van der Waals surface area contributed by atoms with Gasteiger partial charge in [0.1, 0.15) is 17.6 Å². The van der Waals surface area contributed by atoms with Crippen molar-refractivity contribution < 1.29 is 14.9 Å². The Kier molecular flexibility index (Phi) is 44.5. The van der Waals surface area contributed by atoms with E-state index in [0.717, 1.165) is 31.2 Å². The number of rotatable bonds is 49. The Morgan fingerprint density at radius 3 is 1.19 bits per heavy atom. The molecule has 0 bridgehead atoms.